The summed E-state index contributed by atoms with van der Waals surface area (Å²) in [5.74, 6) is 0.163. The fourth-order valence-corrected chi connectivity index (χ4v) is 6.64. The number of hydrogen-bond donors (Lipinski definition) is 0. The normalized spacial score (nSPS) is 14.9. The fraction of sp³-hybridized carbons (Fsp3) is 0.0857. The molecular weight excluding hydrogens is 583 g/mol. The van der Waals surface area contributed by atoms with E-state index in [9.17, 15) is 0 Å². The largest absolute Gasteiger partial charge is 2.00 e. The summed E-state index contributed by atoms with van der Waals surface area (Å²) in [6.07, 6.45) is 7.87. The summed E-state index contributed by atoms with van der Waals surface area (Å²) in [6, 6.07) is 45.0. The van der Waals surface area contributed by atoms with Crippen molar-refractivity contribution in [3.8, 4) is 11.1 Å². The van der Waals surface area contributed by atoms with Crippen LogP contribution in [-0.2, 0) is 31.6 Å². The Bertz CT molecular complexity index is 1580. The van der Waals surface area contributed by atoms with Gasteiger partial charge in [0.25, 0.3) is 0 Å². The Balaban J connectivity index is 0.00000112. The van der Waals surface area contributed by atoms with Gasteiger partial charge in [-0.25, -0.2) is 0 Å². The monoisotopic (exact) mass is 606 g/mol. The summed E-state index contributed by atoms with van der Waals surface area (Å²) in [4.78, 5) is 0. The Morgan fingerprint density at radius 3 is 1.84 bits per heavy atom. The van der Waals surface area contributed by atoms with Crippen LogP contribution in [0.2, 0.25) is 0 Å². The molecule has 0 aliphatic heterocycles. The zero-order valence-corrected chi connectivity index (χ0v) is 24.8. The molecule has 0 aromatic heterocycles. The molecule has 38 heavy (non-hydrogen) atoms. The average Bonchev–Trinajstić information content (AvgIpc) is 3.59. The molecule has 5 aromatic carbocycles. The minimum atomic E-state index is -0.322. The van der Waals surface area contributed by atoms with Gasteiger partial charge in [0.15, 0.2) is 0 Å². The first-order chi connectivity index (χ1) is 17.4. The minimum absolute atomic E-state index is 0. The summed E-state index contributed by atoms with van der Waals surface area (Å²) in [5.41, 5.74) is 9.42. The number of allylic oxidation sites excluding steroid dienone is 4. The predicted octanol–water partition coefficient (Wildman–Crippen LogP) is 2.83. The van der Waals surface area contributed by atoms with Crippen LogP contribution in [0.15, 0.2) is 145 Å². The molecule has 1 unspecified atom stereocenters. The smallest absolute Gasteiger partial charge is 1.00 e. The molecule has 0 fully saturated rings. The quantitative estimate of drug-likeness (QED) is 0.295. The number of benzene rings is 5. The van der Waals surface area contributed by atoms with E-state index in [0.717, 1.165) is 6.42 Å². The second-order valence-electron chi connectivity index (χ2n) is 9.63. The molecule has 7 rings (SSSR count). The van der Waals surface area contributed by atoms with E-state index < -0.39 is 0 Å². The first-order valence-electron chi connectivity index (χ1n) is 12.5. The Labute approximate surface area is 256 Å². The van der Waals surface area contributed by atoms with E-state index in [0.29, 0.717) is 0 Å². The standard InChI is InChI=1S/C35H26.2ClH.Zr/c1-3-14-26(15-4-1)35(28-18-8-9-19-28,27-16-5-2-6-17-27)34-32-22-12-11-21-30(32)31-24-23-25-13-7-10-20-29(25)33(31)34;;;/h1-18,20-24,34H,19H2;2*1H;/q;;;+2/p-2. The van der Waals surface area contributed by atoms with Gasteiger partial charge in [-0.3, -0.25) is 0 Å². The molecule has 2 aliphatic rings. The van der Waals surface area contributed by atoms with Crippen LogP contribution in [0.25, 0.3) is 21.9 Å². The van der Waals surface area contributed by atoms with Crippen molar-refractivity contribution in [2.75, 3.05) is 0 Å². The second kappa shape index (κ2) is 11.6. The van der Waals surface area contributed by atoms with E-state index in [4.69, 9.17) is 0 Å². The maximum Gasteiger partial charge on any atom is 2.00 e. The Kier molecular flexibility index (Phi) is 8.63. The van der Waals surface area contributed by atoms with Crippen molar-refractivity contribution in [2.24, 2.45) is 0 Å². The summed E-state index contributed by atoms with van der Waals surface area (Å²) in [6.45, 7) is 0. The van der Waals surface area contributed by atoms with Crippen LogP contribution in [0.1, 0.15) is 34.6 Å². The van der Waals surface area contributed by atoms with Gasteiger partial charge >= 0.3 is 26.2 Å². The van der Waals surface area contributed by atoms with E-state index in [1.807, 2.05) is 0 Å². The van der Waals surface area contributed by atoms with Crippen molar-refractivity contribution in [1.82, 2.24) is 0 Å². The van der Waals surface area contributed by atoms with Crippen molar-refractivity contribution in [1.29, 1.82) is 0 Å². The third-order valence-corrected chi connectivity index (χ3v) is 7.99. The topological polar surface area (TPSA) is 0 Å². The van der Waals surface area contributed by atoms with Gasteiger partial charge in [0.1, 0.15) is 0 Å². The first kappa shape index (κ1) is 28.3. The molecule has 0 saturated carbocycles. The third kappa shape index (κ3) is 4.17. The molecule has 5 aromatic rings. The van der Waals surface area contributed by atoms with Crippen LogP contribution in [-0.4, -0.2) is 0 Å². The van der Waals surface area contributed by atoms with Gasteiger partial charge in [-0.1, -0.05) is 145 Å². The number of fused-ring (bicyclic) bond motifs is 5. The van der Waals surface area contributed by atoms with Gasteiger partial charge in [0.2, 0.25) is 0 Å². The van der Waals surface area contributed by atoms with Crippen molar-refractivity contribution in [3.63, 3.8) is 0 Å². The van der Waals surface area contributed by atoms with Gasteiger partial charge in [-0.2, -0.15) is 0 Å². The molecule has 3 heteroatoms. The number of halogens is 2. The van der Waals surface area contributed by atoms with Crippen LogP contribution in [0, 0.1) is 0 Å². The summed E-state index contributed by atoms with van der Waals surface area (Å²) < 4.78 is 0. The van der Waals surface area contributed by atoms with E-state index in [2.05, 4.69) is 140 Å². The molecule has 184 valence electrons. The number of hydrogen-bond acceptors (Lipinski definition) is 0. The Hall–Kier alpha value is -2.70. The number of rotatable bonds is 4. The van der Waals surface area contributed by atoms with E-state index in [-0.39, 0.29) is 62.4 Å². The molecule has 0 heterocycles. The molecule has 0 saturated heterocycles. The zero-order chi connectivity index (χ0) is 23.2. The maximum atomic E-state index is 2.37. The Morgan fingerprint density at radius 1 is 0.579 bits per heavy atom. The molecule has 0 amide bonds. The summed E-state index contributed by atoms with van der Waals surface area (Å²) in [7, 11) is 0. The van der Waals surface area contributed by atoms with Crippen molar-refractivity contribution >= 4 is 10.8 Å². The molecule has 0 nitrogen and oxygen atoms in total. The average molecular weight is 609 g/mol. The molecule has 0 N–H and O–H groups in total. The zero-order valence-electron chi connectivity index (χ0n) is 20.8. The van der Waals surface area contributed by atoms with Crippen molar-refractivity contribution in [3.05, 3.63) is 167 Å². The van der Waals surface area contributed by atoms with Crippen LogP contribution < -0.4 is 24.8 Å². The third-order valence-electron chi connectivity index (χ3n) is 7.99. The van der Waals surface area contributed by atoms with Crippen molar-refractivity contribution < 1.29 is 51.0 Å². The van der Waals surface area contributed by atoms with E-state index >= 15 is 0 Å². The first-order valence-corrected chi connectivity index (χ1v) is 12.5. The molecule has 0 radical (unpaired) electrons. The van der Waals surface area contributed by atoms with Gasteiger partial charge in [-0.15, -0.1) is 0 Å². The maximum absolute atomic E-state index is 2.37. The molecule has 2 aliphatic carbocycles. The predicted molar refractivity (Wildman–Crippen MR) is 147 cm³/mol. The van der Waals surface area contributed by atoms with Crippen LogP contribution in [0.4, 0.5) is 0 Å². The van der Waals surface area contributed by atoms with Gasteiger partial charge in [0, 0.05) is 5.92 Å². The second-order valence-corrected chi connectivity index (χ2v) is 9.63. The van der Waals surface area contributed by atoms with Gasteiger partial charge < -0.3 is 24.8 Å². The van der Waals surface area contributed by atoms with Gasteiger partial charge in [-0.05, 0) is 50.6 Å². The van der Waals surface area contributed by atoms with Crippen LogP contribution in [0.3, 0.4) is 0 Å². The molecular formula is C35H26Cl2Zr. The molecule has 0 spiro atoms. The van der Waals surface area contributed by atoms with E-state index in [1.54, 1.807) is 0 Å². The minimum Gasteiger partial charge on any atom is -1.00 e. The molecule has 1 atom stereocenters. The fourth-order valence-electron chi connectivity index (χ4n) is 6.64. The summed E-state index contributed by atoms with van der Waals surface area (Å²) in [5, 5.41) is 2.66. The SMILES string of the molecule is C1=CCC(C(c2ccccc2)(c2ccccc2)C2c3ccccc3-c3ccc4ccccc4c32)=C1.[Cl-].[Cl-].[Zr+2]. The van der Waals surface area contributed by atoms with E-state index in [1.165, 1.54) is 49.7 Å². The Morgan fingerprint density at radius 2 is 1.18 bits per heavy atom. The van der Waals surface area contributed by atoms with Crippen LogP contribution >= 0.6 is 0 Å². The van der Waals surface area contributed by atoms with Crippen molar-refractivity contribution in [2.45, 2.75) is 17.8 Å². The van der Waals surface area contributed by atoms with Gasteiger partial charge in [0.05, 0.1) is 5.41 Å². The molecule has 0 bridgehead atoms. The summed E-state index contributed by atoms with van der Waals surface area (Å²) >= 11 is 0. The van der Waals surface area contributed by atoms with Crippen LogP contribution in [0.5, 0.6) is 0 Å².